The molecule has 3 rings (SSSR count). The summed E-state index contributed by atoms with van der Waals surface area (Å²) in [5, 5.41) is 13.0. The average Bonchev–Trinajstić information content (AvgIpc) is 3.39. The predicted molar refractivity (Wildman–Crippen MR) is 175 cm³/mol. The van der Waals surface area contributed by atoms with Gasteiger partial charge in [0, 0.05) is 25.0 Å². The highest BCUT2D eigenvalue weighted by molar-refractivity contribution is 6.05. The van der Waals surface area contributed by atoms with Crippen molar-refractivity contribution in [3.8, 4) is 0 Å². The highest BCUT2D eigenvalue weighted by atomic mass is 16.5. The van der Waals surface area contributed by atoms with E-state index in [4.69, 9.17) is 9.15 Å². The van der Waals surface area contributed by atoms with Crippen LogP contribution in [0.2, 0.25) is 0 Å². The third kappa shape index (κ3) is 10.4. The number of fused-ring (bicyclic) bond motifs is 1. The maximum atomic E-state index is 13.6. The van der Waals surface area contributed by atoms with E-state index in [0.717, 1.165) is 91.9 Å². The number of aliphatic hydroxyl groups excluding tert-OH is 1. The summed E-state index contributed by atoms with van der Waals surface area (Å²) in [5.74, 6) is -0.104. The number of carbonyl (C=O) groups excluding carboxylic acids is 2. The van der Waals surface area contributed by atoms with E-state index in [2.05, 4.69) is 31.8 Å². The van der Waals surface area contributed by atoms with Gasteiger partial charge in [0.15, 0.2) is 0 Å². The minimum absolute atomic E-state index is 0.0300. The molecule has 0 saturated carbocycles. The van der Waals surface area contributed by atoms with Crippen LogP contribution in [0.5, 0.6) is 0 Å². The van der Waals surface area contributed by atoms with Crippen LogP contribution in [0, 0.1) is 0 Å². The molecule has 43 heavy (non-hydrogen) atoms. The number of unbranched alkanes of at least 4 members (excludes halogenated alkanes) is 6. The number of hydrogen-bond acceptors (Lipinski definition) is 5. The molecule has 3 aromatic rings. The molecular weight excluding hydrogens is 538 g/mol. The normalized spacial score (nSPS) is 11.9. The molecule has 1 atom stereocenters. The van der Waals surface area contributed by atoms with Crippen LogP contribution >= 0.6 is 0 Å². The molecule has 0 spiro atoms. The summed E-state index contributed by atoms with van der Waals surface area (Å²) in [5.41, 5.74) is 4.32. The van der Waals surface area contributed by atoms with E-state index in [1.165, 1.54) is 0 Å². The second-order valence-electron chi connectivity index (χ2n) is 11.4. The van der Waals surface area contributed by atoms with Gasteiger partial charge >= 0.3 is 5.97 Å². The molecule has 0 radical (unpaired) electrons. The van der Waals surface area contributed by atoms with Crippen molar-refractivity contribution in [2.24, 2.45) is 0 Å². The first-order valence-corrected chi connectivity index (χ1v) is 16.3. The second kappa shape index (κ2) is 19.0. The van der Waals surface area contributed by atoms with Crippen molar-refractivity contribution in [2.45, 2.75) is 103 Å². The Morgan fingerprint density at radius 3 is 2.42 bits per heavy atom. The van der Waals surface area contributed by atoms with Crippen molar-refractivity contribution in [3.63, 3.8) is 0 Å². The predicted octanol–water partition coefficient (Wildman–Crippen LogP) is 8.24. The maximum Gasteiger partial charge on any atom is 0.342 e. The number of hydrogen-bond donors (Lipinski definition) is 2. The third-order valence-corrected chi connectivity index (χ3v) is 7.89. The smallest absolute Gasteiger partial charge is 0.342 e. The molecule has 2 aromatic carbocycles. The number of benzene rings is 2. The zero-order valence-electron chi connectivity index (χ0n) is 26.3. The lowest BCUT2D eigenvalue weighted by atomic mass is 9.89. The van der Waals surface area contributed by atoms with E-state index in [1.807, 2.05) is 42.5 Å². The van der Waals surface area contributed by atoms with Gasteiger partial charge in [0.05, 0.1) is 12.5 Å². The molecule has 1 amide bonds. The number of esters is 1. The van der Waals surface area contributed by atoms with Gasteiger partial charge in [0.1, 0.15) is 16.9 Å². The molecule has 1 aromatic heterocycles. The lowest BCUT2D eigenvalue weighted by Gasteiger charge is -2.18. The number of ether oxygens (including phenoxy) is 1. The summed E-state index contributed by atoms with van der Waals surface area (Å²) in [6.07, 6.45) is 13.3. The first-order chi connectivity index (χ1) is 21.0. The minimum Gasteiger partial charge on any atom is -0.462 e. The summed E-state index contributed by atoms with van der Waals surface area (Å²) in [4.78, 5) is 27.0. The van der Waals surface area contributed by atoms with Gasteiger partial charge in [-0.1, -0.05) is 82.0 Å². The minimum atomic E-state index is -0.406. The van der Waals surface area contributed by atoms with Crippen LogP contribution in [0.3, 0.4) is 0 Å². The Hall–Kier alpha value is -3.38. The van der Waals surface area contributed by atoms with Crippen molar-refractivity contribution in [1.29, 1.82) is 0 Å². The molecule has 0 aliphatic heterocycles. The van der Waals surface area contributed by atoms with Crippen molar-refractivity contribution < 1.29 is 23.8 Å². The zero-order valence-corrected chi connectivity index (χ0v) is 26.3. The van der Waals surface area contributed by atoms with Gasteiger partial charge in [0.2, 0.25) is 5.91 Å². The topological polar surface area (TPSA) is 88.8 Å². The SMILES string of the molecule is C=CCCCCOC(=O)c1c(CCCCC)oc2c(CCCCC)cc(CC(C(=O)NCCCO)c3ccccc3)cc12. The molecule has 1 heterocycles. The van der Waals surface area contributed by atoms with Crippen molar-refractivity contribution in [3.05, 3.63) is 83.1 Å². The second-order valence-corrected chi connectivity index (χ2v) is 11.4. The molecular formula is C37H51NO5. The van der Waals surface area contributed by atoms with Crippen molar-refractivity contribution in [1.82, 2.24) is 5.32 Å². The lowest BCUT2D eigenvalue weighted by molar-refractivity contribution is -0.122. The van der Waals surface area contributed by atoms with Crippen molar-refractivity contribution >= 4 is 22.8 Å². The number of nitrogens with one attached hydrogen (secondary N) is 1. The van der Waals surface area contributed by atoms with Gasteiger partial charge in [-0.2, -0.15) is 0 Å². The summed E-state index contributed by atoms with van der Waals surface area (Å²) in [6, 6.07) is 14.0. The van der Waals surface area contributed by atoms with Crippen LogP contribution in [0.4, 0.5) is 0 Å². The van der Waals surface area contributed by atoms with E-state index in [-0.39, 0.29) is 18.5 Å². The lowest BCUT2D eigenvalue weighted by Crippen LogP contribution is -2.31. The van der Waals surface area contributed by atoms with Gasteiger partial charge in [-0.25, -0.2) is 4.79 Å². The van der Waals surface area contributed by atoms with Crippen LogP contribution in [-0.2, 0) is 28.8 Å². The third-order valence-electron chi connectivity index (χ3n) is 7.89. The van der Waals surface area contributed by atoms with E-state index in [9.17, 15) is 14.7 Å². The van der Waals surface area contributed by atoms with Gasteiger partial charge < -0.3 is 19.6 Å². The first kappa shape index (κ1) is 34.1. The van der Waals surface area contributed by atoms with Crippen LogP contribution in [-0.4, -0.2) is 36.7 Å². The first-order valence-electron chi connectivity index (χ1n) is 16.3. The standard InChI is InChI=1S/C37H51NO5/c1-4-7-10-16-24-42-37(41)34-32-27-28(26-31(29-18-14-11-15-19-29)36(40)38-22-17-23-39)25-30(20-12-8-5-2)35(32)43-33(34)21-13-9-6-3/h4,11,14-15,18-19,25,27,31,39H,1,5-10,12-13,16-17,20-24,26H2,2-3H3,(H,38,40). The quantitative estimate of drug-likeness (QED) is 0.0742. The molecule has 6 heteroatoms. The highest BCUT2D eigenvalue weighted by Gasteiger charge is 2.26. The number of aliphatic hydroxyl groups is 1. The fourth-order valence-corrected chi connectivity index (χ4v) is 5.51. The van der Waals surface area contributed by atoms with Crippen LogP contribution < -0.4 is 5.32 Å². The summed E-state index contributed by atoms with van der Waals surface area (Å²) in [7, 11) is 0. The van der Waals surface area contributed by atoms with E-state index < -0.39 is 5.92 Å². The number of amides is 1. The van der Waals surface area contributed by atoms with E-state index >= 15 is 0 Å². The number of allylic oxidation sites excluding steroid dienone is 1. The number of furan rings is 1. The van der Waals surface area contributed by atoms with Crippen LogP contribution in [0.25, 0.3) is 11.0 Å². The molecule has 0 aliphatic rings. The van der Waals surface area contributed by atoms with Gasteiger partial charge in [-0.3, -0.25) is 4.79 Å². The Morgan fingerprint density at radius 2 is 1.72 bits per heavy atom. The zero-order chi connectivity index (χ0) is 30.9. The van der Waals surface area contributed by atoms with Gasteiger partial charge in [-0.05, 0) is 74.1 Å². The Labute approximate surface area is 257 Å². The number of aryl methyl sites for hydroxylation is 2. The Morgan fingerprint density at radius 1 is 0.977 bits per heavy atom. The molecule has 0 fully saturated rings. The number of rotatable bonds is 21. The Bertz CT molecular complexity index is 1280. The van der Waals surface area contributed by atoms with E-state index in [1.54, 1.807) is 0 Å². The Balaban J connectivity index is 2.05. The molecule has 0 bridgehead atoms. The number of carbonyl (C=O) groups is 2. The molecule has 2 N–H and O–H groups in total. The van der Waals surface area contributed by atoms with Crippen molar-refractivity contribution in [2.75, 3.05) is 19.8 Å². The highest BCUT2D eigenvalue weighted by Crippen LogP contribution is 2.34. The molecule has 6 nitrogen and oxygen atoms in total. The van der Waals surface area contributed by atoms with Crippen LogP contribution in [0.1, 0.15) is 117 Å². The molecule has 234 valence electrons. The fourth-order valence-electron chi connectivity index (χ4n) is 5.51. The van der Waals surface area contributed by atoms with Gasteiger partial charge in [0.25, 0.3) is 0 Å². The summed E-state index contributed by atoms with van der Waals surface area (Å²) < 4.78 is 12.3. The molecule has 0 saturated heterocycles. The Kier molecular flexibility index (Phi) is 15.1. The average molecular weight is 590 g/mol. The van der Waals surface area contributed by atoms with Gasteiger partial charge in [-0.15, -0.1) is 6.58 Å². The summed E-state index contributed by atoms with van der Waals surface area (Å²) >= 11 is 0. The van der Waals surface area contributed by atoms with Crippen LogP contribution in [0.15, 0.2) is 59.5 Å². The maximum absolute atomic E-state index is 13.6. The molecule has 0 aliphatic carbocycles. The molecule has 1 unspecified atom stereocenters. The summed E-state index contributed by atoms with van der Waals surface area (Å²) in [6.45, 7) is 8.94. The monoisotopic (exact) mass is 589 g/mol. The van der Waals surface area contributed by atoms with E-state index in [0.29, 0.717) is 43.7 Å². The largest absolute Gasteiger partial charge is 0.462 e. The fraction of sp³-hybridized carbons (Fsp3) is 0.514.